The zero-order valence-electron chi connectivity index (χ0n) is 13.1. The number of nitriles is 1. The lowest BCUT2D eigenvalue weighted by Crippen LogP contribution is -2.42. The summed E-state index contributed by atoms with van der Waals surface area (Å²) in [6.45, 7) is 5.45. The average Bonchev–Trinajstić information content (AvgIpc) is 3.09. The van der Waals surface area contributed by atoms with Gasteiger partial charge in [-0.15, -0.1) is 0 Å². The second-order valence-electron chi connectivity index (χ2n) is 6.24. The van der Waals surface area contributed by atoms with Crippen molar-refractivity contribution >= 4 is 11.7 Å². The van der Waals surface area contributed by atoms with E-state index in [1.54, 1.807) is 0 Å². The van der Waals surface area contributed by atoms with Crippen LogP contribution in [0.4, 0.5) is 5.82 Å². The summed E-state index contributed by atoms with van der Waals surface area (Å²) in [5, 5.41) is 9.10. The first kappa shape index (κ1) is 14.8. The number of pyridine rings is 1. The number of hydrogen-bond acceptors (Lipinski definition) is 4. The van der Waals surface area contributed by atoms with Crippen LogP contribution in [0, 0.1) is 24.2 Å². The molecule has 0 aromatic carbocycles. The van der Waals surface area contributed by atoms with Crippen LogP contribution in [0.1, 0.15) is 36.9 Å². The molecule has 0 N–H and O–H groups in total. The Labute approximate surface area is 131 Å². The predicted molar refractivity (Wildman–Crippen MR) is 84.4 cm³/mol. The van der Waals surface area contributed by atoms with Gasteiger partial charge in [-0.25, -0.2) is 4.98 Å². The van der Waals surface area contributed by atoms with Gasteiger partial charge in [0.2, 0.25) is 5.91 Å². The van der Waals surface area contributed by atoms with Crippen molar-refractivity contribution < 1.29 is 4.79 Å². The van der Waals surface area contributed by atoms with E-state index >= 15 is 0 Å². The highest BCUT2D eigenvalue weighted by molar-refractivity contribution is 5.79. The number of nitrogens with zero attached hydrogens (tertiary/aromatic N) is 4. The van der Waals surface area contributed by atoms with Crippen LogP contribution in [0.15, 0.2) is 12.1 Å². The van der Waals surface area contributed by atoms with E-state index in [2.05, 4.69) is 16.0 Å². The van der Waals surface area contributed by atoms with Gasteiger partial charge < -0.3 is 9.80 Å². The van der Waals surface area contributed by atoms with Gasteiger partial charge in [0.1, 0.15) is 17.6 Å². The number of carbonyl (C=O) groups is 1. The Morgan fingerprint density at radius 3 is 2.55 bits per heavy atom. The molecule has 0 bridgehead atoms. The summed E-state index contributed by atoms with van der Waals surface area (Å²) < 4.78 is 0. The molecule has 1 aromatic heterocycles. The van der Waals surface area contributed by atoms with E-state index in [0.717, 1.165) is 63.2 Å². The molecule has 2 aliphatic heterocycles. The maximum atomic E-state index is 12.4. The fourth-order valence-electron chi connectivity index (χ4n) is 3.36. The van der Waals surface area contributed by atoms with Crippen molar-refractivity contribution in [2.75, 3.05) is 31.1 Å². The number of aryl methyl sites for hydroxylation is 1. The van der Waals surface area contributed by atoms with Crippen LogP contribution in [0.5, 0.6) is 0 Å². The van der Waals surface area contributed by atoms with Crippen LogP contribution < -0.4 is 4.90 Å². The van der Waals surface area contributed by atoms with Gasteiger partial charge >= 0.3 is 0 Å². The van der Waals surface area contributed by atoms with Crippen molar-refractivity contribution in [1.29, 1.82) is 5.26 Å². The smallest absolute Gasteiger partial charge is 0.225 e. The second kappa shape index (κ2) is 6.35. The Kier molecular flexibility index (Phi) is 4.28. The van der Waals surface area contributed by atoms with Gasteiger partial charge in [-0.1, -0.05) is 6.07 Å². The second-order valence-corrected chi connectivity index (χ2v) is 6.24. The van der Waals surface area contributed by atoms with Crippen LogP contribution in [0.2, 0.25) is 0 Å². The molecule has 5 heteroatoms. The zero-order chi connectivity index (χ0) is 15.5. The summed E-state index contributed by atoms with van der Waals surface area (Å²) in [5.41, 5.74) is 1.40. The number of amides is 1. The molecule has 0 radical (unpaired) electrons. The van der Waals surface area contributed by atoms with E-state index in [1.165, 1.54) is 0 Å². The van der Waals surface area contributed by atoms with Gasteiger partial charge in [0.15, 0.2) is 0 Å². The normalized spacial score (nSPS) is 19.3. The Morgan fingerprint density at radius 1 is 1.23 bits per heavy atom. The molecular formula is C17H22N4O. The molecule has 1 aromatic rings. The SMILES string of the molecule is Cc1ccc(N2CCC(C(=O)N3CCCC3)CC2)nc1C#N. The van der Waals surface area contributed by atoms with E-state index < -0.39 is 0 Å². The molecule has 2 fully saturated rings. The first-order valence-electron chi connectivity index (χ1n) is 8.10. The fraction of sp³-hybridized carbons (Fsp3) is 0.588. The standard InChI is InChI=1S/C17H22N4O/c1-13-4-5-16(19-15(13)12-18)20-10-6-14(7-11-20)17(22)21-8-2-3-9-21/h4-5,14H,2-3,6-11H2,1H3. The zero-order valence-corrected chi connectivity index (χ0v) is 13.1. The monoisotopic (exact) mass is 298 g/mol. The molecule has 0 aliphatic carbocycles. The minimum atomic E-state index is 0.162. The summed E-state index contributed by atoms with van der Waals surface area (Å²) in [4.78, 5) is 21.1. The summed E-state index contributed by atoms with van der Waals surface area (Å²) in [5.74, 6) is 1.36. The third kappa shape index (κ3) is 2.92. The number of carbonyl (C=O) groups excluding carboxylic acids is 1. The Morgan fingerprint density at radius 2 is 1.91 bits per heavy atom. The number of rotatable bonds is 2. The number of piperidine rings is 1. The summed E-state index contributed by atoms with van der Waals surface area (Å²) >= 11 is 0. The topological polar surface area (TPSA) is 60.2 Å². The number of likely N-dealkylation sites (tertiary alicyclic amines) is 1. The molecular weight excluding hydrogens is 276 g/mol. The fourth-order valence-corrected chi connectivity index (χ4v) is 3.36. The highest BCUT2D eigenvalue weighted by Crippen LogP contribution is 2.25. The van der Waals surface area contributed by atoms with Gasteiger partial charge in [0.25, 0.3) is 0 Å². The average molecular weight is 298 g/mol. The highest BCUT2D eigenvalue weighted by atomic mass is 16.2. The number of anilines is 1. The molecule has 2 saturated heterocycles. The predicted octanol–water partition coefficient (Wildman–Crippen LogP) is 2.10. The van der Waals surface area contributed by atoms with E-state index in [0.29, 0.717) is 11.6 Å². The molecule has 0 spiro atoms. The largest absolute Gasteiger partial charge is 0.357 e. The van der Waals surface area contributed by atoms with E-state index in [9.17, 15) is 4.79 Å². The van der Waals surface area contributed by atoms with Crippen molar-refractivity contribution in [3.63, 3.8) is 0 Å². The quantitative estimate of drug-likeness (QED) is 0.839. The van der Waals surface area contributed by atoms with Crippen LogP contribution in [-0.2, 0) is 4.79 Å². The molecule has 116 valence electrons. The molecule has 5 nitrogen and oxygen atoms in total. The molecule has 2 aliphatic rings. The van der Waals surface area contributed by atoms with E-state index in [1.807, 2.05) is 24.0 Å². The third-order valence-corrected chi connectivity index (χ3v) is 4.77. The molecule has 3 heterocycles. The number of hydrogen-bond donors (Lipinski definition) is 0. The van der Waals surface area contributed by atoms with Crippen LogP contribution >= 0.6 is 0 Å². The lowest BCUT2D eigenvalue weighted by Gasteiger charge is -2.34. The highest BCUT2D eigenvalue weighted by Gasteiger charge is 2.30. The Hall–Kier alpha value is -2.09. The van der Waals surface area contributed by atoms with Crippen molar-refractivity contribution in [2.24, 2.45) is 5.92 Å². The Balaban J connectivity index is 1.62. The maximum Gasteiger partial charge on any atom is 0.225 e. The molecule has 1 amide bonds. The molecule has 22 heavy (non-hydrogen) atoms. The lowest BCUT2D eigenvalue weighted by molar-refractivity contribution is -0.135. The van der Waals surface area contributed by atoms with Gasteiger partial charge in [0, 0.05) is 32.1 Å². The van der Waals surface area contributed by atoms with Crippen LogP contribution in [0.3, 0.4) is 0 Å². The summed E-state index contributed by atoms with van der Waals surface area (Å²) in [6.07, 6.45) is 4.06. The molecule has 0 saturated carbocycles. The van der Waals surface area contributed by atoms with Crippen molar-refractivity contribution in [3.8, 4) is 6.07 Å². The van der Waals surface area contributed by atoms with E-state index in [4.69, 9.17) is 5.26 Å². The van der Waals surface area contributed by atoms with Gasteiger partial charge in [-0.2, -0.15) is 5.26 Å². The summed E-state index contributed by atoms with van der Waals surface area (Å²) in [7, 11) is 0. The van der Waals surface area contributed by atoms with Gasteiger partial charge in [0.05, 0.1) is 0 Å². The minimum absolute atomic E-state index is 0.162. The summed E-state index contributed by atoms with van der Waals surface area (Å²) in [6, 6.07) is 6.06. The third-order valence-electron chi connectivity index (χ3n) is 4.77. The first-order valence-corrected chi connectivity index (χ1v) is 8.10. The molecule has 0 atom stereocenters. The molecule has 3 rings (SSSR count). The van der Waals surface area contributed by atoms with Crippen molar-refractivity contribution in [1.82, 2.24) is 9.88 Å². The molecule has 0 unspecified atom stereocenters. The van der Waals surface area contributed by atoms with Gasteiger partial charge in [-0.3, -0.25) is 4.79 Å². The number of aromatic nitrogens is 1. The first-order chi connectivity index (χ1) is 10.7. The Bertz CT molecular complexity index is 593. The van der Waals surface area contributed by atoms with Crippen molar-refractivity contribution in [2.45, 2.75) is 32.6 Å². The van der Waals surface area contributed by atoms with Gasteiger partial charge in [-0.05, 0) is 44.2 Å². The lowest BCUT2D eigenvalue weighted by atomic mass is 9.95. The van der Waals surface area contributed by atoms with E-state index in [-0.39, 0.29) is 5.92 Å². The van der Waals surface area contributed by atoms with Crippen molar-refractivity contribution in [3.05, 3.63) is 23.4 Å². The van der Waals surface area contributed by atoms with Crippen LogP contribution in [-0.4, -0.2) is 42.0 Å². The maximum absolute atomic E-state index is 12.4. The minimum Gasteiger partial charge on any atom is -0.357 e. The van der Waals surface area contributed by atoms with Crippen LogP contribution in [0.25, 0.3) is 0 Å².